The molecular formula is C24H15F4N3O4S3. The van der Waals surface area contributed by atoms with Gasteiger partial charge in [0.25, 0.3) is 5.91 Å². The van der Waals surface area contributed by atoms with Crippen LogP contribution >= 0.6 is 35.3 Å². The molecule has 3 aromatic rings. The minimum Gasteiger partial charge on any atom is -0.477 e. The number of nitrogens with zero attached hydrogens (tertiary/aromatic N) is 2. The summed E-state index contributed by atoms with van der Waals surface area (Å²) in [4.78, 5) is 41.8. The number of carbonyl (C=O) groups excluding carboxylic acids is 2. The van der Waals surface area contributed by atoms with Crippen LogP contribution in [0.15, 0.2) is 52.9 Å². The van der Waals surface area contributed by atoms with Gasteiger partial charge in [0.05, 0.1) is 22.4 Å². The van der Waals surface area contributed by atoms with Gasteiger partial charge in [0.2, 0.25) is 5.91 Å². The molecule has 0 atom stereocenters. The maximum atomic E-state index is 13.6. The Labute approximate surface area is 226 Å². The first-order chi connectivity index (χ1) is 17.9. The number of rotatable bonds is 7. The number of hydrogen-bond acceptors (Lipinski definition) is 7. The Bertz CT molecular complexity index is 1470. The molecule has 0 aliphatic carbocycles. The molecule has 1 aromatic carbocycles. The summed E-state index contributed by atoms with van der Waals surface area (Å²) in [6.07, 6.45) is -2.16. The highest BCUT2D eigenvalue weighted by Gasteiger charge is 2.34. The van der Waals surface area contributed by atoms with E-state index in [0.717, 1.165) is 23.9 Å². The van der Waals surface area contributed by atoms with E-state index in [1.807, 2.05) is 0 Å². The van der Waals surface area contributed by atoms with Crippen molar-refractivity contribution in [2.24, 2.45) is 0 Å². The summed E-state index contributed by atoms with van der Waals surface area (Å²) in [5, 5.41) is 13.0. The Morgan fingerprint density at radius 2 is 1.92 bits per heavy atom. The molecule has 2 amide bonds. The molecule has 4 rings (SSSR count). The predicted octanol–water partition coefficient (Wildman–Crippen LogP) is 5.90. The monoisotopic (exact) mass is 581 g/mol. The lowest BCUT2D eigenvalue weighted by Crippen LogP contribution is -2.31. The van der Waals surface area contributed by atoms with Crippen molar-refractivity contribution in [1.29, 1.82) is 0 Å². The van der Waals surface area contributed by atoms with Crippen molar-refractivity contribution in [1.82, 2.24) is 9.88 Å². The first-order valence-electron chi connectivity index (χ1n) is 10.6. The number of halogens is 4. The number of nitrogens with one attached hydrogen (secondary N) is 1. The second-order valence-electron chi connectivity index (χ2n) is 7.80. The molecular weight excluding hydrogens is 566 g/mol. The van der Waals surface area contributed by atoms with Crippen molar-refractivity contribution in [2.75, 3.05) is 11.9 Å². The maximum Gasteiger partial charge on any atom is 0.419 e. The molecule has 2 aromatic heterocycles. The molecule has 14 heteroatoms. The fraction of sp³-hybridized carbons (Fsp3) is 0.125. The molecule has 1 aliphatic heterocycles. The quantitative estimate of drug-likeness (QED) is 0.204. The number of carboxylic acids is 1. The normalized spacial score (nSPS) is 14.8. The van der Waals surface area contributed by atoms with Crippen LogP contribution in [0.25, 0.3) is 17.2 Å². The number of amides is 2. The van der Waals surface area contributed by atoms with Crippen molar-refractivity contribution < 1.29 is 37.1 Å². The van der Waals surface area contributed by atoms with Gasteiger partial charge in [0, 0.05) is 17.8 Å². The van der Waals surface area contributed by atoms with E-state index in [0.29, 0.717) is 16.1 Å². The summed E-state index contributed by atoms with van der Waals surface area (Å²) >= 11 is 7.48. The van der Waals surface area contributed by atoms with E-state index >= 15 is 0 Å². The highest BCUT2D eigenvalue weighted by atomic mass is 32.2. The Balaban J connectivity index is 1.40. The van der Waals surface area contributed by atoms with E-state index in [1.54, 1.807) is 17.5 Å². The number of thioether (sulfide) groups is 1. The summed E-state index contributed by atoms with van der Waals surface area (Å²) in [5.41, 5.74) is -0.622. The van der Waals surface area contributed by atoms with Gasteiger partial charge in [0.15, 0.2) is 0 Å². The molecule has 3 heterocycles. The zero-order chi connectivity index (χ0) is 27.6. The van der Waals surface area contributed by atoms with Gasteiger partial charge in [-0.15, -0.1) is 11.3 Å². The third kappa shape index (κ3) is 6.26. The van der Waals surface area contributed by atoms with Crippen LogP contribution < -0.4 is 5.32 Å². The SMILES string of the molecule is O=C(CCN1C(=O)/C(=C/c2cc(-c3ccc(F)c(C(F)(F)F)c3)cs2)SC1=S)Nc1ccc(C(=O)O)nc1. The van der Waals surface area contributed by atoms with Crippen LogP contribution in [-0.4, -0.2) is 43.6 Å². The van der Waals surface area contributed by atoms with E-state index in [9.17, 15) is 31.9 Å². The number of alkyl halides is 3. The first-order valence-corrected chi connectivity index (χ1v) is 12.7. The molecule has 2 N–H and O–H groups in total. The fourth-order valence-corrected chi connectivity index (χ4v) is 5.58. The molecule has 1 fully saturated rings. The van der Waals surface area contributed by atoms with Crippen LogP contribution in [0, 0.1) is 5.82 Å². The number of thiophene rings is 1. The molecule has 38 heavy (non-hydrogen) atoms. The zero-order valence-corrected chi connectivity index (χ0v) is 21.4. The summed E-state index contributed by atoms with van der Waals surface area (Å²) in [7, 11) is 0. The van der Waals surface area contributed by atoms with E-state index in [2.05, 4.69) is 10.3 Å². The fourth-order valence-electron chi connectivity index (χ4n) is 3.36. The van der Waals surface area contributed by atoms with Crippen molar-refractivity contribution in [2.45, 2.75) is 12.6 Å². The first kappa shape index (κ1) is 27.4. The summed E-state index contributed by atoms with van der Waals surface area (Å²) in [6.45, 7) is -0.0000326. The second kappa shape index (κ2) is 11.0. The average molecular weight is 582 g/mol. The van der Waals surface area contributed by atoms with Gasteiger partial charge < -0.3 is 10.4 Å². The lowest BCUT2D eigenvalue weighted by atomic mass is 10.0. The van der Waals surface area contributed by atoms with E-state index < -0.39 is 35.3 Å². The number of aromatic nitrogens is 1. The number of carbonyl (C=O) groups is 3. The van der Waals surface area contributed by atoms with Gasteiger partial charge in [-0.2, -0.15) is 13.2 Å². The average Bonchev–Trinajstić information content (AvgIpc) is 3.42. The van der Waals surface area contributed by atoms with Crippen LogP contribution in [0.1, 0.15) is 27.3 Å². The van der Waals surface area contributed by atoms with Gasteiger partial charge in [-0.05, 0) is 52.9 Å². The Kier molecular flexibility index (Phi) is 7.94. The van der Waals surface area contributed by atoms with Gasteiger partial charge in [-0.3, -0.25) is 14.5 Å². The van der Waals surface area contributed by atoms with Gasteiger partial charge in [-0.25, -0.2) is 14.2 Å². The van der Waals surface area contributed by atoms with Crippen molar-refractivity contribution >= 4 is 69.2 Å². The highest BCUT2D eigenvalue weighted by molar-refractivity contribution is 8.26. The van der Waals surface area contributed by atoms with Gasteiger partial charge in [-0.1, -0.05) is 30.0 Å². The third-order valence-electron chi connectivity index (χ3n) is 5.20. The standard InChI is InChI=1S/C24H15F4N3O4S3/c25-17-3-1-12(8-16(17)24(26,27)28)13-7-15(37-11-13)9-19-21(33)31(23(36)38-19)6-5-20(32)30-14-2-4-18(22(34)35)29-10-14/h1-4,7-11H,5-6H2,(H,30,32)(H,34,35)/b19-9-. The number of anilines is 1. The molecule has 0 spiro atoms. The van der Waals surface area contributed by atoms with Crippen molar-refractivity contribution in [3.8, 4) is 11.1 Å². The molecule has 0 unspecified atom stereocenters. The molecule has 0 saturated carbocycles. The molecule has 0 bridgehead atoms. The number of thiocarbonyl (C=S) groups is 1. The molecule has 7 nitrogen and oxygen atoms in total. The van der Waals surface area contributed by atoms with Gasteiger partial charge >= 0.3 is 12.1 Å². The molecule has 0 radical (unpaired) electrons. The summed E-state index contributed by atoms with van der Waals surface area (Å²) < 4.78 is 53.0. The third-order valence-corrected chi connectivity index (χ3v) is 7.46. The Hall–Kier alpha value is -3.62. The molecule has 1 aliphatic rings. The van der Waals surface area contributed by atoms with Crippen molar-refractivity contribution in [3.63, 3.8) is 0 Å². The smallest absolute Gasteiger partial charge is 0.419 e. The minimum absolute atomic E-state index is 0.0000326. The lowest BCUT2D eigenvalue weighted by molar-refractivity contribution is -0.140. The Morgan fingerprint density at radius 1 is 1.16 bits per heavy atom. The van der Waals surface area contributed by atoms with Crippen molar-refractivity contribution in [3.05, 3.63) is 74.8 Å². The topological polar surface area (TPSA) is 99.6 Å². The summed E-state index contributed by atoms with van der Waals surface area (Å²) in [6, 6.07) is 6.97. The Morgan fingerprint density at radius 3 is 2.58 bits per heavy atom. The minimum atomic E-state index is -4.83. The van der Waals surface area contributed by atoms with E-state index in [-0.39, 0.29) is 33.4 Å². The number of benzene rings is 1. The number of pyridine rings is 1. The zero-order valence-electron chi connectivity index (χ0n) is 18.9. The second-order valence-corrected chi connectivity index (χ2v) is 10.4. The lowest BCUT2D eigenvalue weighted by Gasteiger charge is -2.14. The number of carboxylic acid groups (broad SMARTS) is 1. The maximum absolute atomic E-state index is 13.6. The molecule has 196 valence electrons. The largest absolute Gasteiger partial charge is 0.477 e. The number of hydrogen-bond donors (Lipinski definition) is 2. The van der Waals surface area contributed by atoms with Crippen LogP contribution in [0.4, 0.5) is 23.2 Å². The van der Waals surface area contributed by atoms with E-state index in [1.165, 1.54) is 40.6 Å². The van der Waals surface area contributed by atoms with Crippen LogP contribution in [0.3, 0.4) is 0 Å². The van der Waals surface area contributed by atoms with Crippen LogP contribution in [0.2, 0.25) is 0 Å². The predicted molar refractivity (Wildman–Crippen MR) is 139 cm³/mol. The van der Waals surface area contributed by atoms with Gasteiger partial charge in [0.1, 0.15) is 15.8 Å². The molecule has 1 saturated heterocycles. The number of aromatic carboxylic acids is 1. The summed E-state index contributed by atoms with van der Waals surface area (Å²) in [5.74, 6) is -3.42. The van der Waals surface area contributed by atoms with Crippen LogP contribution in [0.5, 0.6) is 0 Å². The van der Waals surface area contributed by atoms with E-state index in [4.69, 9.17) is 17.3 Å². The van der Waals surface area contributed by atoms with Crippen LogP contribution in [-0.2, 0) is 15.8 Å². The highest BCUT2D eigenvalue weighted by Crippen LogP contribution is 2.37.